The highest BCUT2D eigenvalue weighted by atomic mass is 19.1. The van der Waals surface area contributed by atoms with E-state index >= 15 is 0 Å². The summed E-state index contributed by atoms with van der Waals surface area (Å²) in [5.41, 5.74) is 0.881. The fraction of sp³-hybridized carbons (Fsp3) is 0.444. The molecule has 1 N–H and O–H groups in total. The van der Waals surface area contributed by atoms with Gasteiger partial charge in [0.05, 0.1) is 18.9 Å². The topological polar surface area (TPSA) is 59.4 Å². The van der Waals surface area contributed by atoms with Crippen LogP contribution in [0.4, 0.5) is 10.1 Å². The molecule has 25 heavy (non-hydrogen) atoms. The van der Waals surface area contributed by atoms with E-state index in [9.17, 15) is 9.18 Å². The zero-order valence-corrected chi connectivity index (χ0v) is 13.9. The molecule has 0 radical (unpaired) electrons. The number of amides is 1. The number of imidazole rings is 1. The third-order valence-corrected chi connectivity index (χ3v) is 4.83. The van der Waals surface area contributed by atoms with Crippen molar-refractivity contribution in [1.29, 1.82) is 0 Å². The van der Waals surface area contributed by atoms with Gasteiger partial charge in [-0.25, -0.2) is 9.37 Å². The van der Waals surface area contributed by atoms with E-state index in [1.807, 2.05) is 11.1 Å². The first kappa shape index (κ1) is 16.1. The molecule has 0 spiro atoms. The van der Waals surface area contributed by atoms with Crippen molar-refractivity contribution in [2.45, 2.75) is 25.4 Å². The minimum atomic E-state index is -0.366. The van der Waals surface area contributed by atoms with Crippen LogP contribution >= 0.6 is 0 Å². The lowest BCUT2D eigenvalue weighted by molar-refractivity contribution is 0.0927. The van der Waals surface area contributed by atoms with E-state index in [4.69, 9.17) is 4.74 Å². The van der Waals surface area contributed by atoms with Gasteiger partial charge in [0.1, 0.15) is 11.6 Å². The molecule has 2 aliphatic heterocycles. The summed E-state index contributed by atoms with van der Waals surface area (Å²) >= 11 is 0. The van der Waals surface area contributed by atoms with Gasteiger partial charge < -0.3 is 19.5 Å². The minimum Gasteiger partial charge on any atom is -0.378 e. The maximum Gasteiger partial charge on any atom is 0.251 e. The number of carbonyl (C=O) groups excluding carboxylic acids is 1. The molecule has 1 fully saturated rings. The van der Waals surface area contributed by atoms with E-state index < -0.39 is 0 Å². The first-order chi connectivity index (χ1) is 12.2. The predicted octanol–water partition coefficient (Wildman–Crippen LogP) is 1.60. The third kappa shape index (κ3) is 3.37. The average Bonchev–Trinajstić information content (AvgIpc) is 3.10. The van der Waals surface area contributed by atoms with Crippen LogP contribution in [0.25, 0.3) is 0 Å². The molecule has 1 amide bonds. The van der Waals surface area contributed by atoms with Gasteiger partial charge in [0.25, 0.3) is 5.91 Å². The molecule has 3 heterocycles. The van der Waals surface area contributed by atoms with Gasteiger partial charge in [-0.15, -0.1) is 0 Å². The molecule has 0 unspecified atom stereocenters. The maximum absolute atomic E-state index is 14.5. The summed E-state index contributed by atoms with van der Waals surface area (Å²) in [6.45, 7) is 3.23. The zero-order chi connectivity index (χ0) is 17.2. The van der Waals surface area contributed by atoms with Gasteiger partial charge in [0.2, 0.25) is 0 Å². The lowest BCUT2D eigenvalue weighted by Crippen LogP contribution is -2.41. The van der Waals surface area contributed by atoms with Crippen molar-refractivity contribution < 1.29 is 13.9 Å². The van der Waals surface area contributed by atoms with Gasteiger partial charge >= 0.3 is 0 Å². The van der Waals surface area contributed by atoms with Crippen LogP contribution in [-0.4, -0.2) is 47.8 Å². The SMILES string of the molecule is O=C(N[C@H]1CCc2nccn2C1)c1ccc(N2CCOCC2)c(F)c1. The van der Waals surface area contributed by atoms with Crippen molar-refractivity contribution in [2.24, 2.45) is 0 Å². The molecule has 2 aromatic rings. The van der Waals surface area contributed by atoms with Crippen LogP contribution in [-0.2, 0) is 17.7 Å². The quantitative estimate of drug-likeness (QED) is 0.919. The second-order valence-electron chi connectivity index (χ2n) is 6.47. The molecule has 1 aromatic heterocycles. The first-order valence-electron chi connectivity index (χ1n) is 8.64. The highest BCUT2D eigenvalue weighted by Gasteiger charge is 2.22. The Hall–Kier alpha value is -2.41. The fourth-order valence-electron chi connectivity index (χ4n) is 3.46. The van der Waals surface area contributed by atoms with Gasteiger partial charge in [-0.3, -0.25) is 4.79 Å². The van der Waals surface area contributed by atoms with Crippen LogP contribution in [0.1, 0.15) is 22.6 Å². The summed E-state index contributed by atoms with van der Waals surface area (Å²) in [6, 6.07) is 4.74. The number of aromatic nitrogens is 2. The van der Waals surface area contributed by atoms with Gasteiger partial charge in [0.15, 0.2) is 0 Å². The van der Waals surface area contributed by atoms with Crippen molar-refractivity contribution in [3.05, 3.63) is 47.8 Å². The number of fused-ring (bicyclic) bond motifs is 1. The highest BCUT2D eigenvalue weighted by Crippen LogP contribution is 2.22. The molecular formula is C18H21FN4O2. The molecule has 0 bridgehead atoms. The van der Waals surface area contributed by atoms with E-state index in [1.165, 1.54) is 6.07 Å². The van der Waals surface area contributed by atoms with Crippen molar-refractivity contribution in [1.82, 2.24) is 14.9 Å². The number of carbonyl (C=O) groups is 1. The van der Waals surface area contributed by atoms with E-state index in [1.54, 1.807) is 18.3 Å². The highest BCUT2D eigenvalue weighted by molar-refractivity contribution is 5.94. The summed E-state index contributed by atoms with van der Waals surface area (Å²) in [6.07, 6.45) is 5.38. The number of anilines is 1. The van der Waals surface area contributed by atoms with Gasteiger partial charge in [-0.2, -0.15) is 0 Å². The molecule has 6 nitrogen and oxygen atoms in total. The van der Waals surface area contributed by atoms with E-state index in [2.05, 4.69) is 14.9 Å². The largest absolute Gasteiger partial charge is 0.378 e. The number of benzene rings is 1. The fourth-order valence-corrected chi connectivity index (χ4v) is 3.46. The lowest BCUT2D eigenvalue weighted by atomic mass is 10.1. The number of hydrogen-bond acceptors (Lipinski definition) is 4. The van der Waals surface area contributed by atoms with Crippen molar-refractivity contribution in [3.63, 3.8) is 0 Å². The number of ether oxygens (including phenoxy) is 1. The predicted molar refractivity (Wildman–Crippen MR) is 91.2 cm³/mol. The number of rotatable bonds is 3. The molecule has 2 aliphatic rings. The van der Waals surface area contributed by atoms with Crippen molar-refractivity contribution in [3.8, 4) is 0 Å². The minimum absolute atomic E-state index is 0.0381. The number of morpholine rings is 1. The first-order valence-corrected chi connectivity index (χ1v) is 8.64. The van der Waals surface area contributed by atoms with Crippen LogP contribution < -0.4 is 10.2 Å². The normalized spacial score (nSPS) is 20.2. The van der Waals surface area contributed by atoms with E-state index in [-0.39, 0.29) is 17.8 Å². The molecule has 4 rings (SSSR count). The Morgan fingerprint density at radius 3 is 2.96 bits per heavy atom. The Labute approximate surface area is 145 Å². The Kier molecular flexibility index (Phi) is 4.40. The molecule has 0 saturated carbocycles. The zero-order valence-electron chi connectivity index (χ0n) is 13.9. The Morgan fingerprint density at radius 2 is 2.16 bits per heavy atom. The Bertz CT molecular complexity index is 770. The molecule has 1 aromatic carbocycles. The van der Waals surface area contributed by atoms with E-state index in [0.29, 0.717) is 44.1 Å². The third-order valence-electron chi connectivity index (χ3n) is 4.83. The summed E-state index contributed by atoms with van der Waals surface area (Å²) in [5.74, 6) is 0.447. The van der Waals surface area contributed by atoms with Gasteiger partial charge in [0, 0.05) is 50.1 Å². The Morgan fingerprint density at radius 1 is 1.32 bits per heavy atom. The average molecular weight is 344 g/mol. The molecule has 132 valence electrons. The second-order valence-corrected chi connectivity index (χ2v) is 6.47. The summed E-state index contributed by atoms with van der Waals surface area (Å²) in [7, 11) is 0. The summed E-state index contributed by atoms with van der Waals surface area (Å²) < 4.78 is 21.8. The van der Waals surface area contributed by atoms with Crippen LogP contribution in [0.5, 0.6) is 0 Å². The molecular weight excluding hydrogens is 323 g/mol. The molecule has 0 aliphatic carbocycles. The van der Waals surface area contributed by atoms with E-state index in [0.717, 1.165) is 18.7 Å². The maximum atomic E-state index is 14.5. The molecule has 1 atom stereocenters. The number of halogens is 1. The standard InChI is InChI=1S/C18H21FN4O2/c19-15-11-13(1-3-16(15)22-7-9-25-10-8-22)18(24)21-14-2-4-17-20-5-6-23(17)12-14/h1,3,5-6,11,14H,2,4,7-10,12H2,(H,21,24)/t14-/m0/s1. The number of hydrogen-bond donors (Lipinski definition) is 1. The monoisotopic (exact) mass is 344 g/mol. The smallest absolute Gasteiger partial charge is 0.251 e. The molecule has 1 saturated heterocycles. The van der Waals surface area contributed by atoms with Crippen LogP contribution in [0.15, 0.2) is 30.6 Å². The number of aryl methyl sites for hydroxylation is 1. The van der Waals surface area contributed by atoms with Crippen LogP contribution in [0.3, 0.4) is 0 Å². The van der Waals surface area contributed by atoms with Crippen LogP contribution in [0.2, 0.25) is 0 Å². The van der Waals surface area contributed by atoms with Crippen molar-refractivity contribution >= 4 is 11.6 Å². The molecule has 7 heteroatoms. The second kappa shape index (κ2) is 6.84. The van der Waals surface area contributed by atoms with Gasteiger partial charge in [-0.1, -0.05) is 0 Å². The number of nitrogens with one attached hydrogen (secondary N) is 1. The number of nitrogens with zero attached hydrogens (tertiary/aromatic N) is 3. The van der Waals surface area contributed by atoms with Crippen molar-refractivity contribution in [2.75, 3.05) is 31.2 Å². The summed E-state index contributed by atoms with van der Waals surface area (Å²) in [5, 5.41) is 3.00. The lowest BCUT2D eigenvalue weighted by Gasteiger charge is -2.29. The van der Waals surface area contributed by atoms with Gasteiger partial charge in [-0.05, 0) is 24.6 Å². The summed E-state index contributed by atoms with van der Waals surface area (Å²) in [4.78, 5) is 18.7. The van der Waals surface area contributed by atoms with Crippen LogP contribution in [0, 0.1) is 5.82 Å². The Balaban J connectivity index is 1.43.